The van der Waals surface area contributed by atoms with Crippen LogP contribution in [-0.4, -0.2) is 53.6 Å². The Kier molecular flexibility index (Phi) is 9.09. The maximum absolute atomic E-state index is 12.5. The summed E-state index contributed by atoms with van der Waals surface area (Å²) >= 11 is 5.97. The molecule has 0 radical (unpaired) electrons. The van der Waals surface area contributed by atoms with Gasteiger partial charge in [0.1, 0.15) is 6.04 Å². The highest BCUT2D eigenvalue weighted by Crippen LogP contribution is 2.22. The lowest BCUT2D eigenvalue weighted by atomic mass is 10.0. The van der Waals surface area contributed by atoms with Crippen molar-refractivity contribution >= 4 is 41.5 Å². The number of carbonyl (C=O) groups is 2. The highest BCUT2D eigenvalue weighted by molar-refractivity contribution is 6.34. The van der Waals surface area contributed by atoms with E-state index in [1.54, 1.807) is 13.8 Å². The van der Waals surface area contributed by atoms with Gasteiger partial charge in [0.2, 0.25) is 5.91 Å². The minimum Gasteiger partial charge on any atom is -0.391 e. The molecule has 2 rings (SSSR count). The summed E-state index contributed by atoms with van der Waals surface area (Å²) in [6, 6.07) is 2.72. The van der Waals surface area contributed by atoms with Crippen molar-refractivity contribution in [3.05, 3.63) is 38.9 Å². The number of non-ortho nitro benzene ring substituents is 1. The van der Waals surface area contributed by atoms with Crippen LogP contribution >= 0.6 is 24.0 Å². The molecule has 4 N–H and O–H groups in total. The number of aliphatic hydroxyl groups excluding tert-OH is 1. The minimum absolute atomic E-state index is 0. The molecule has 1 heterocycles. The minimum atomic E-state index is -0.810. The van der Waals surface area contributed by atoms with Crippen molar-refractivity contribution in [1.82, 2.24) is 16.0 Å². The number of nitrogens with one attached hydrogen (secondary N) is 3. The summed E-state index contributed by atoms with van der Waals surface area (Å²) in [6.07, 6.45) is -0.517. The number of nitrogens with zero attached hydrogens (tertiary/aromatic N) is 1. The molecule has 11 heteroatoms. The highest BCUT2D eigenvalue weighted by atomic mass is 35.5. The van der Waals surface area contributed by atoms with Crippen LogP contribution in [0.15, 0.2) is 18.2 Å². The van der Waals surface area contributed by atoms with Gasteiger partial charge < -0.3 is 21.1 Å². The molecule has 3 unspecified atom stereocenters. The number of benzene rings is 1. The zero-order chi connectivity index (χ0) is 20.1. The third-order valence-electron chi connectivity index (χ3n) is 4.49. The maximum atomic E-state index is 12.5. The average molecular weight is 435 g/mol. The predicted octanol–water partition coefficient (Wildman–Crippen LogP) is 1.12. The number of aliphatic hydroxyl groups is 1. The lowest BCUT2D eigenvalue weighted by molar-refractivity contribution is -0.384. The molecule has 3 atom stereocenters. The second-order valence-corrected chi connectivity index (χ2v) is 7.25. The van der Waals surface area contributed by atoms with Gasteiger partial charge in [-0.2, -0.15) is 0 Å². The first kappa shape index (κ1) is 24.1. The Morgan fingerprint density at radius 2 is 2.07 bits per heavy atom. The number of halogens is 2. The van der Waals surface area contributed by atoms with E-state index in [0.29, 0.717) is 19.6 Å². The summed E-state index contributed by atoms with van der Waals surface area (Å²) < 4.78 is 0. The summed E-state index contributed by atoms with van der Waals surface area (Å²) in [4.78, 5) is 35.1. The number of rotatable bonds is 7. The first-order valence-corrected chi connectivity index (χ1v) is 8.99. The molecular formula is C17H24Cl2N4O5. The van der Waals surface area contributed by atoms with Crippen LogP contribution < -0.4 is 16.0 Å². The second-order valence-electron chi connectivity index (χ2n) is 6.85. The third-order valence-corrected chi connectivity index (χ3v) is 4.80. The molecule has 1 aromatic carbocycles. The number of amides is 2. The van der Waals surface area contributed by atoms with Crippen molar-refractivity contribution in [1.29, 1.82) is 0 Å². The second kappa shape index (κ2) is 10.6. The molecule has 1 saturated heterocycles. The van der Waals surface area contributed by atoms with Crippen molar-refractivity contribution in [3.63, 3.8) is 0 Å². The molecule has 28 heavy (non-hydrogen) atoms. The monoisotopic (exact) mass is 434 g/mol. The molecule has 0 saturated carbocycles. The Balaban J connectivity index is 0.00000392. The summed E-state index contributed by atoms with van der Waals surface area (Å²) in [7, 11) is 0. The van der Waals surface area contributed by atoms with Crippen LogP contribution in [0.25, 0.3) is 0 Å². The molecule has 0 aromatic heterocycles. The Morgan fingerprint density at radius 1 is 1.39 bits per heavy atom. The van der Waals surface area contributed by atoms with Gasteiger partial charge in [-0.25, -0.2) is 0 Å². The Bertz CT molecular complexity index is 731. The number of hydrogen-bond donors (Lipinski definition) is 4. The van der Waals surface area contributed by atoms with Crippen molar-refractivity contribution in [2.24, 2.45) is 11.8 Å². The summed E-state index contributed by atoms with van der Waals surface area (Å²) in [5.41, 5.74) is -0.172. The molecule has 1 aliphatic rings. The Hall–Kier alpha value is -1.94. The van der Waals surface area contributed by atoms with E-state index >= 15 is 0 Å². The number of β-amino-alcohol motifs (C(OH)–C–C–N with tert-alkyl or cyclic N) is 1. The van der Waals surface area contributed by atoms with Gasteiger partial charge in [-0.3, -0.25) is 19.7 Å². The van der Waals surface area contributed by atoms with Crippen LogP contribution in [-0.2, 0) is 4.79 Å². The van der Waals surface area contributed by atoms with E-state index in [1.807, 2.05) is 0 Å². The van der Waals surface area contributed by atoms with Gasteiger partial charge in [-0.05, 0) is 12.0 Å². The van der Waals surface area contributed by atoms with Gasteiger partial charge in [-0.1, -0.05) is 25.4 Å². The number of carbonyl (C=O) groups excluding carboxylic acids is 2. The fourth-order valence-corrected chi connectivity index (χ4v) is 3.09. The molecule has 9 nitrogen and oxygen atoms in total. The van der Waals surface area contributed by atoms with Gasteiger partial charge in [0.25, 0.3) is 11.6 Å². The molecule has 1 aliphatic heterocycles. The van der Waals surface area contributed by atoms with Crippen LogP contribution in [0.2, 0.25) is 5.02 Å². The van der Waals surface area contributed by atoms with E-state index in [-0.39, 0.29) is 46.4 Å². The Labute approximate surface area is 173 Å². The summed E-state index contributed by atoms with van der Waals surface area (Å²) in [5.74, 6) is -1.24. The molecule has 0 spiro atoms. The third kappa shape index (κ3) is 6.03. The van der Waals surface area contributed by atoms with Crippen LogP contribution in [0.1, 0.15) is 24.2 Å². The lowest BCUT2D eigenvalue weighted by Crippen LogP contribution is -2.51. The number of hydrogen-bond acceptors (Lipinski definition) is 6. The van der Waals surface area contributed by atoms with Crippen molar-refractivity contribution in [3.8, 4) is 0 Å². The number of nitro benzene ring substituents is 1. The maximum Gasteiger partial charge on any atom is 0.270 e. The van der Waals surface area contributed by atoms with E-state index in [0.717, 1.165) is 6.07 Å². The average Bonchev–Trinajstić information content (AvgIpc) is 3.01. The first-order chi connectivity index (χ1) is 12.7. The largest absolute Gasteiger partial charge is 0.391 e. The topological polar surface area (TPSA) is 134 Å². The first-order valence-electron chi connectivity index (χ1n) is 8.62. The normalized spacial score (nSPS) is 19.6. The quantitative estimate of drug-likeness (QED) is 0.375. The molecular weight excluding hydrogens is 411 g/mol. The Morgan fingerprint density at radius 3 is 2.57 bits per heavy atom. The van der Waals surface area contributed by atoms with E-state index in [2.05, 4.69) is 16.0 Å². The zero-order valence-electron chi connectivity index (χ0n) is 15.5. The molecule has 1 fully saturated rings. The fourth-order valence-electron chi connectivity index (χ4n) is 2.82. The summed E-state index contributed by atoms with van der Waals surface area (Å²) in [6.45, 7) is 4.97. The van der Waals surface area contributed by atoms with E-state index in [1.165, 1.54) is 12.1 Å². The molecule has 0 bridgehead atoms. The molecule has 0 aliphatic carbocycles. The van der Waals surface area contributed by atoms with Crippen LogP contribution in [0.4, 0.5) is 5.69 Å². The smallest absolute Gasteiger partial charge is 0.270 e. The summed E-state index contributed by atoms with van der Waals surface area (Å²) in [5, 5.41) is 28.9. The van der Waals surface area contributed by atoms with Crippen molar-refractivity contribution < 1.29 is 19.6 Å². The highest BCUT2D eigenvalue weighted by Gasteiger charge is 2.29. The van der Waals surface area contributed by atoms with Crippen LogP contribution in [0, 0.1) is 22.0 Å². The van der Waals surface area contributed by atoms with Crippen LogP contribution in [0.3, 0.4) is 0 Å². The van der Waals surface area contributed by atoms with E-state index < -0.39 is 23.0 Å². The van der Waals surface area contributed by atoms with Gasteiger partial charge in [0.15, 0.2) is 0 Å². The fraction of sp³-hybridized carbons (Fsp3) is 0.529. The lowest BCUT2D eigenvalue weighted by Gasteiger charge is -2.23. The number of nitro groups is 1. The van der Waals surface area contributed by atoms with Gasteiger partial charge in [-0.15, -0.1) is 12.4 Å². The van der Waals surface area contributed by atoms with Gasteiger partial charge in [0.05, 0.1) is 21.6 Å². The zero-order valence-corrected chi connectivity index (χ0v) is 17.0. The molecule has 2 amide bonds. The van der Waals surface area contributed by atoms with Crippen molar-refractivity contribution in [2.75, 3.05) is 19.6 Å². The SMILES string of the molecule is CC(C)C(NC(=O)c1ccc([N+](=O)[O-])cc1Cl)C(=O)NCC1CNCC1O.Cl. The van der Waals surface area contributed by atoms with E-state index in [9.17, 15) is 24.8 Å². The van der Waals surface area contributed by atoms with E-state index in [4.69, 9.17) is 11.6 Å². The predicted molar refractivity (Wildman–Crippen MR) is 107 cm³/mol. The van der Waals surface area contributed by atoms with Gasteiger partial charge in [0, 0.05) is 37.7 Å². The molecule has 156 valence electrons. The van der Waals surface area contributed by atoms with Crippen molar-refractivity contribution in [2.45, 2.75) is 26.0 Å². The molecule has 1 aromatic rings. The van der Waals surface area contributed by atoms with Crippen LogP contribution in [0.5, 0.6) is 0 Å². The van der Waals surface area contributed by atoms with Gasteiger partial charge >= 0.3 is 0 Å². The standard InChI is InChI=1S/C17H23ClN4O5.ClH/c1-9(2)15(17(25)20-7-10-6-19-8-14(10)23)21-16(24)12-4-3-11(22(26)27)5-13(12)18;/h3-5,9-10,14-15,19,23H,6-8H2,1-2H3,(H,20,25)(H,21,24);1H.